The predicted molar refractivity (Wildman–Crippen MR) is 113 cm³/mol. The van der Waals surface area contributed by atoms with Crippen molar-refractivity contribution in [1.29, 1.82) is 0 Å². The molecule has 29 heavy (non-hydrogen) atoms. The van der Waals surface area contributed by atoms with Gasteiger partial charge in [-0.1, -0.05) is 29.3 Å². The molecule has 0 unspecified atom stereocenters. The van der Waals surface area contributed by atoms with Gasteiger partial charge in [-0.25, -0.2) is 9.37 Å². The van der Waals surface area contributed by atoms with Crippen molar-refractivity contribution in [3.05, 3.63) is 68.9 Å². The molecule has 0 radical (unpaired) electrons. The minimum atomic E-state index is -0.495. The molecule has 3 aromatic rings. The fraction of sp³-hybridized carbons (Fsp3) is 0.200. The molecule has 1 amide bonds. The number of benzene rings is 2. The van der Waals surface area contributed by atoms with Gasteiger partial charge in [-0.15, -0.1) is 11.3 Å². The van der Waals surface area contributed by atoms with Gasteiger partial charge < -0.3 is 14.8 Å². The molecule has 0 spiro atoms. The van der Waals surface area contributed by atoms with E-state index in [1.54, 1.807) is 42.8 Å². The predicted octanol–water partition coefficient (Wildman–Crippen LogP) is 5.21. The maximum Gasteiger partial charge on any atom is 0.270 e. The van der Waals surface area contributed by atoms with Gasteiger partial charge in [0.05, 0.1) is 6.61 Å². The van der Waals surface area contributed by atoms with Gasteiger partial charge in [0.15, 0.2) is 0 Å². The Balaban J connectivity index is 1.67. The largest absolute Gasteiger partial charge is 0.489 e. The van der Waals surface area contributed by atoms with Gasteiger partial charge in [0.25, 0.3) is 5.91 Å². The van der Waals surface area contributed by atoms with Crippen LogP contribution in [0.2, 0.25) is 10.0 Å². The third kappa shape index (κ3) is 5.67. The average molecular weight is 455 g/mol. The van der Waals surface area contributed by atoms with Crippen LogP contribution in [0.3, 0.4) is 0 Å². The molecule has 0 saturated carbocycles. The van der Waals surface area contributed by atoms with Crippen LogP contribution in [0, 0.1) is 5.82 Å². The number of ether oxygens (including phenoxy) is 2. The van der Waals surface area contributed by atoms with Crippen LogP contribution >= 0.6 is 34.5 Å². The SMILES string of the molecule is COCCNC(=O)c1csc(-c2ccc(OCc3ccc(Cl)cc3Cl)cc2F)n1. The molecule has 0 aliphatic heterocycles. The van der Waals surface area contributed by atoms with Crippen LogP contribution in [0.4, 0.5) is 4.39 Å². The third-order valence-electron chi connectivity index (χ3n) is 3.91. The Morgan fingerprint density at radius 3 is 2.79 bits per heavy atom. The minimum Gasteiger partial charge on any atom is -0.489 e. The number of carbonyl (C=O) groups is 1. The third-order valence-corrected chi connectivity index (χ3v) is 5.37. The number of carbonyl (C=O) groups excluding carboxylic acids is 1. The van der Waals surface area contributed by atoms with E-state index in [2.05, 4.69) is 10.3 Å². The number of methoxy groups -OCH3 is 1. The van der Waals surface area contributed by atoms with Gasteiger partial charge in [-0.3, -0.25) is 4.79 Å². The zero-order valence-electron chi connectivity index (χ0n) is 15.4. The molecule has 0 aliphatic rings. The van der Waals surface area contributed by atoms with E-state index < -0.39 is 5.82 Å². The first-order chi connectivity index (χ1) is 14.0. The standard InChI is InChI=1S/C20H17Cl2FN2O3S/c1-27-7-6-24-19(26)18-11-29-20(25-18)15-5-4-14(9-17(15)23)28-10-12-2-3-13(21)8-16(12)22/h2-5,8-9,11H,6-7,10H2,1H3,(H,24,26). The summed E-state index contributed by atoms with van der Waals surface area (Å²) in [7, 11) is 1.55. The average Bonchev–Trinajstić information content (AvgIpc) is 3.17. The maximum atomic E-state index is 14.6. The Hall–Kier alpha value is -2.19. The summed E-state index contributed by atoms with van der Waals surface area (Å²) >= 11 is 13.2. The van der Waals surface area contributed by atoms with Crippen LogP contribution in [0.1, 0.15) is 16.1 Å². The minimum absolute atomic E-state index is 0.178. The van der Waals surface area contributed by atoms with E-state index in [9.17, 15) is 9.18 Å². The molecule has 152 valence electrons. The zero-order chi connectivity index (χ0) is 20.8. The van der Waals surface area contributed by atoms with Crippen LogP contribution in [-0.4, -0.2) is 31.2 Å². The van der Waals surface area contributed by atoms with Crippen LogP contribution in [-0.2, 0) is 11.3 Å². The summed E-state index contributed by atoms with van der Waals surface area (Å²) in [5, 5.41) is 5.68. The first-order valence-corrected chi connectivity index (χ1v) is 10.2. The second kappa shape index (κ2) is 10.0. The monoisotopic (exact) mass is 454 g/mol. The van der Waals surface area contributed by atoms with E-state index in [4.69, 9.17) is 32.7 Å². The number of nitrogens with one attached hydrogen (secondary N) is 1. The molecule has 0 aliphatic carbocycles. The van der Waals surface area contributed by atoms with Crippen molar-refractivity contribution >= 4 is 40.4 Å². The number of aromatic nitrogens is 1. The molecule has 1 aromatic heterocycles. The highest BCUT2D eigenvalue weighted by Crippen LogP contribution is 2.30. The summed E-state index contributed by atoms with van der Waals surface area (Å²) in [4.78, 5) is 16.2. The van der Waals surface area contributed by atoms with Gasteiger partial charge in [0, 0.05) is 46.3 Å². The Morgan fingerprint density at radius 1 is 1.24 bits per heavy atom. The highest BCUT2D eigenvalue weighted by Gasteiger charge is 2.15. The van der Waals surface area contributed by atoms with E-state index in [0.29, 0.717) is 39.5 Å². The van der Waals surface area contributed by atoms with Crippen LogP contribution in [0.25, 0.3) is 10.6 Å². The molecule has 5 nitrogen and oxygen atoms in total. The molecule has 0 atom stereocenters. The maximum absolute atomic E-state index is 14.6. The van der Waals surface area contributed by atoms with Crippen LogP contribution in [0.15, 0.2) is 41.8 Å². The molecule has 0 fully saturated rings. The summed E-state index contributed by atoms with van der Waals surface area (Å²) in [6, 6.07) is 9.57. The van der Waals surface area contributed by atoms with Crippen molar-refractivity contribution in [2.75, 3.05) is 20.3 Å². The molecule has 2 aromatic carbocycles. The highest BCUT2D eigenvalue weighted by atomic mass is 35.5. The van der Waals surface area contributed by atoms with Gasteiger partial charge in [-0.05, 0) is 24.3 Å². The lowest BCUT2D eigenvalue weighted by molar-refractivity contribution is 0.0933. The van der Waals surface area contributed by atoms with E-state index in [1.165, 1.54) is 17.4 Å². The molecule has 9 heteroatoms. The van der Waals surface area contributed by atoms with E-state index in [1.807, 2.05) is 0 Å². The van der Waals surface area contributed by atoms with Gasteiger partial charge in [0.2, 0.25) is 0 Å². The molecular weight excluding hydrogens is 438 g/mol. The van der Waals surface area contributed by atoms with Crippen molar-refractivity contribution < 1.29 is 18.7 Å². The fourth-order valence-electron chi connectivity index (χ4n) is 2.42. The summed E-state index contributed by atoms with van der Waals surface area (Å²) in [6.45, 7) is 0.956. The number of halogens is 3. The smallest absolute Gasteiger partial charge is 0.270 e. The molecule has 1 N–H and O–H groups in total. The summed E-state index contributed by atoms with van der Waals surface area (Å²) in [5.74, 6) is -0.471. The number of hydrogen-bond acceptors (Lipinski definition) is 5. The van der Waals surface area contributed by atoms with Crippen molar-refractivity contribution in [2.24, 2.45) is 0 Å². The van der Waals surface area contributed by atoms with Crippen LogP contribution < -0.4 is 10.1 Å². The van der Waals surface area contributed by atoms with Gasteiger partial charge in [-0.2, -0.15) is 0 Å². The first-order valence-electron chi connectivity index (χ1n) is 8.57. The summed E-state index contributed by atoms with van der Waals surface area (Å²) in [5.41, 5.74) is 1.27. The van der Waals surface area contributed by atoms with Crippen LogP contribution in [0.5, 0.6) is 5.75 Å². The second-order valence-corrected chi connectivity index (χ2v) is 7.65. The zero-order valence-corrected chi connectivity index (χ0v) is 17.7. The van der Waals surface area contributed by atoms with E-state index in [-0.39, 0.29) is 18.2 Å². The number of amides is 1. The van der Waals surface area contributed by atoms with Crippen molar-refractivity contribution in [2.45, 2.75) is 6.61 Å². The van der Waals surface area contributed by atoms with E-state index in [0.717, 1.165) is 5.56 Å². The number of thiazole rings is 1. The molecular formula is C20H17Cl2FN2O3S. The van der Waals surface area contributed by atoms with Gasteiger partial charge >= 0.3 is 0 Å². The van der Waals surface area contributed by atoms with Crippen molar-refractivity contribution in [3.8, 4) is 16.3 Å². The quantitative estimate of drug-likeness (QED) is 0.474. The summed E-state index contributed by atoms with van der Waals surface area (Å²) < 4.78 is 25.1. The van der Waals surface area contributed by atoms with Gasteiger partial charge in [0.1, 0.15) is 28.9 Å². The van der Waals surface area contributed by atoms with E-state index >= 15 is 0 Å². The normalized spacial score (nSPS) is 10.8. The Morgan fingerprint density at radius 2 is 2.07 bits per heavy atom. The Bertz CT molecular complexity index is 1010. The van der Waals surface area contributed by atoms with Crippen molar-refractivity contribution in [3.63, 3.8) is 0 Å². The lowest BCUT2D eigenvalue weighted by atomic mass is 10.2. The number of nitrogens with zero attached hydrogens (tertiary/aromatic N) is 1. The highest BCUT2D eigenvalue weighted by molar-refractivity contribution is 7.13. The molecule has 0 bridgehead atoms. The molecule has 1 heterocycles. The topological polar surface area (TPSA) is 60.5 Å². The molecule has 3 rings (SSSR count). The number of hydrogen-bond donors (Lipinski definition) is 1. The van der Waals surface area contributed by atoms with Crippen molar-refractivity contribution in [1.82, 2.24) is 10.3 Å². The summed E-state index contributed by atoms with van der Waals surface area (Å²) in [6.07, 6.45) is 0. The Labute approximate surface area is 181 Å². The molecule has 0 saturated heterocycles. The second-order valence-electron chi connectivity index (χ2n) is 5.95. The fourth-order valence-corrected chi connectivity index (χ4v) is 3.71. The lowest BCUT2D eigenvalue weighted by Gasteiger charge is -2.09. The first kappa shape index (κ1) is 21.5. The number of rotatable bonds is 8. The Kier molecular flexibility index (Phi) is 7.44. The lowest BCUT2D eigenvalue weighted by Crippen LogP contribution is -2.27.